The average Bonchev–Trinajstić information content (AvgIpc) is 3.17. The number of nitrogens with zero attached hydrogens (tertiary/aromatic N) is 3. The Morgan fingerprint density at radius 1 is 1.26 bits per heavy atom. The van der Waals surface area contributed by atoms with E-state index in [2.05, 4.69) is 41.3 Å². The van der Waals surface area contributed by atoms with E-state index in [9.17, 15) is 0 Å². The minimum atomic E-state index is 0.661. The van der Waals surface area contributed by atoms with Crippen LogP contribution in [0.25, 0.3) is 16.9 Å². The maximum Gasteiger partial charge on any atom is 0.233 e. The van der Waals surface area contributed by atoms with Gasteiger partial charge in [0, 0.05) is 29.2 Å². The predicted octanol–water partition coefficient (Wildman–Crippen LogP) is 5.26. The van der Waals surface area contributed by atoms with Gasteiger partial charge in [-0.05, 0) is 42.4 Å². The van der Waals surface area contributed by atoms with Crippen LogP contribution < -0.4 is 0 Å². The van der Waals surface area contributed by atoms with Gasteiger partial charge in [-0.1, -0.05) is 43.5 Å². The molecule has 2 aromatic heterocycles. The molecule has 0 saturated heterocycles. The number of halogens is 1. The highest BCUT2D eigenvalue weighted by molar-refractivity contribution is 6.31. The summed E-state index contributed by atoms with van der Waals surface area (Å²) in [4.78, 5) is 8.79. The number of aryl methyl sites for hydroxylation is 1. The fraction of sp³-hybridized carbons (Fsp3) is 0.368. The van der Waals surface area contributed by atoms with Gasteiger partial charge in [0.1, 0.15) is 0 Å². The second kappa shape index (κ2) is 5.64. The quantitative estimate of drug-likeness (QED) is 0.654. The zero-order chi connectivity index (χ0) is 16.0. The molecule has 0 aliphatic heterocycles. The largest absolute Gasteiger partial charge is 0.290 e. The van der Waals surface area contributed by atoms with E-state index in [1.807, 2.05) is 23.7 Å². The van der Waals surface area contributed by atoms with Crippen molar-refractivity contribution in [3.63, 3.8) is 0 Å². The third kappa shape index (κ3) is 2.74. The molecule has 3 nitrogen and oxygen atoms in total. The van der Waals surface area contributed by atoms with E-state index < -0.39 is 0 Å². The second-order valence-corrected chi connectivity index (χ2v) is 6.97. The van der Waals surface area contributed by atoms with Crippen LogP contribution in [-0.2, 0) is 0 Å². The molecule has 0 amide bonds. The molecule has 1 aliphatic rings. The monoisotopic (exact) mass is 325 g/mol. The fourth-order valence-corrected chi connectivity index (χ4v) is 3.80. The predicted molar refractivity (Wildman–Crippen MR) is 93.9 cm³/mol. The number of aromatic nitrogens is 3. The summed E-state index contributed by atoms with van der Waals surface area (Å²) in [5, 5.41) is 0.882. The van der Waals surface area contributed by atoms with E-state index in [-0.39, 0.29) is 0 Å². The van der Waals surface area contributed by atoms with Crippen LogP contribution in [0.3, 0.4) is 0 Å². The first-order valence-electron chi connectivity index (χ1n) is 8.27. The fourth-order valence-electron chi connectivity index (χ4n) is 3.48. The lowest BCUT2D eigenvalue weighted by Gasteiger charge is -2.08. The molecule has 118 valence electrons. The molecule has 1 fully saturated rings. The third-order valence-electron chi connectivity index (χ3n) is 4.75. The van der Waals surface area contributed by atoms with E-state index in [0.29, 0.717) is 5.92 Å². The topological polar surface area (TPSA) is 30.2 Å². The first kappa shape index (κ1) is 14.7. The van der Waals surface area contributed by atoms with E-state index in [1.165, 1.54) is 24.8 Å². The zero-order valence-corrected chi connectivity index (χ0v) is 14.2. The van der Waals surface area contributed by atoms with E-state index in [0.717, 1.165) is 33.5 Å². The summed E-state index contributed by atoms with van der Waals surface area (Å²) in [5.41, 5.74) is 4.44. The SMILES string of the molecule is CCC[C@@H]1CC1c1ccc(-c2cnc3nc(C)cn3c2)cc1Cl. The summed E-state index contributed by atoms with van der Waals surface area (Å²) in [6.07, 6.45) is 9.76. The van der Waals surface area contributed by atoms with Crippen molar-refractivity contribution < 1.29 is 0 Å². The average molecular weight is 326 g/mol. The van der Waals surface area contributed by atoms with Crippen molar-refractivity contribution in [3.05, 3.63) is 53.1 Å². The highest BCUT2D eigenvalue weighted by atomic mass is 35.5. The van der Waals surface area contributed by atoms with Crippen molar-refractivity contribution in [2.45, 2.75) is 39.0 Å². The lowest BCUT2D eigenvalue weighted by Crippen LogP contribution is -1.91. The van der Waals surface area contributed by atoms with Crippen LogP contribution in [0.2, 0.25) is 5.02 Å². The summed E-state index contributed by atoms with van der Waals surface area (Å²) in [5.74, 6) is 2.22. The van der Waals surface area contributed by atoms with E-state index in [1.54, 1.807) is 0 Å². The van der Waals surface area contributed by atoms with Crippen molar-refractivity contribution >= 4 is 17.4 Å². The molecule has 4 rings (SSSR count). The first-order chi connectivity index (χ1) is 11.2. The van der Waals surface area contributed by atoms with Gasteiger partial charge in [0.15, 0.2) is 0 Å². The molecule has 1 aliphatic carbocycles. The highest BCUT2D eigenvalue weighted by Gasteiger charge is 2.38. The number of hydrogen-bond acceptors (Lipinski definition) is 2. The Morgan fingerprint density at radius 2 is 2.13 bits per heavy atom. The van der Waals surface area contributed by atoms with Gasteiger partial charge in [-0.3, -0.25) is 4.40 Å². The maximum absolute atomic E-state index is 6.56. The zero-order valence-electron chi connectivity index (χ0n) is 13.5. The van der Waals surface area contributed by atoms with Crippen molar-refractivity contribution in [3.8, 4) is 11.1 Å². The molecule has 1 aromatic carbocycles. The highest BCUT2D eigenvalue weighted by Crippen LogP contribution is 2.52. The first-order valence-corrected chi connectivity index (χ1v) is 8.64. The van der Waals surface area contributed by atoms with Crippen molar-refractivity contribution in [2.24, 2.45) is 5.92 Å². The van der Waals surface area contributed by atoms with Gasteiger partial charge >= 0.3 is 0 Å². The number of fused-ring (bicyclic) bond motifs is 1. The summed E-state index contributed by atoms with van der Waals surface area (Å²) >= 11 is 6.56. The minimum Gasteiger partial charge on any atom is -0.290 e. The van der Waals surface area contributed by atoms with Crippen LogP contribution in [0.1, 0.15) is 43.4 Å². The molecule has 1 saturated carbocycles. The summed E-state index contributed by atoms with van der Waals surface area (Å²) in [6, 6.07) is 6.43. The maximum atomic E-state index is 6.56. The lowest BCUT2D eigenvalue weighted by atomic mass is 10.0. The Hall–Kier alpha value is -1.87. The second-order valence-electron chi connectivity index (χ2n) is 6.56. The minimum absolute atomic E-state index is 0.661. The normalized spacial score (nSPS) is 20.1. The Morgan fingerprint density at radius 3 is 2.91 bits per heavy atom. The molecule has 0 N–H and O–H groups in total. The van der Waals surface area contributed by atoms with Crippen LogP contribution in [-0.4, -0.2) is 14.4 Å². The molecule has 1 unspecified atom stereocenters. The Balaban J connectivity index is 1.65. The number of benzene rings is 1. The number of rotatable bonds is 4. The van der Waals surface area contributed by atoms with Crippen molar-refractivity contribution in [1.82, 2.24) is 14.4 Å². The van der Waals surface area contributed by atoms with Crippen molar-refractivity contribution in [1.29, 1.82) is 0 Å². The summed E-state index contributed by atoms with van der Waals surface area (Å²) in [6.45, 7) is 4.23. The van der Waals surface area contributed by atoms with Gasteiger partial charge in [-0.25, -0.2) is 9.97 Å². The van der Waals surface area contributed by atoms with Gasteiger partial charge in [0.2, 0.25) is 5.78 Å². The van der Waals surface area contributed by atoms with Crippen molar-refractivity contribution in [2.75, 3.05) is 0 Å². The van der Waals surface area contributed by atoms with E-state index >= 15 is 0 Å². The number of hydrogen-bond donors (Lipinski definition) is 0. The molecule has 0 spiro atoms. The molecule has 0 radical (unpaired) electrons. The molecular weight excluding hydrogens is 306 g/mol. The Labute approximate surface area is 141 Å². The molecule has 3 aromatic rings. The molecule has 2 atom stereocenters. The van der Waals surface area contributed by atoms with Crippen LogP contribution in [0, 0.1) is 12.8 Å². The molecule has 23 heavy (non-hydrogen) atoms. The van der Waals surface area contributed by atoms with Gasteiger partial charge in [-0.2, -0.15) is 0 Å². The molecule has 4 heteroatoms. The third-order valence-corrected chi connectivity index (χ3v) is 5.07. The van der Waals surface area contributed by atoms with Crippen LogP contribution in [0.15, 0.2) is 36.8 Å². The van der Waals surface area contributed by atoms with Gasteiger partial charge in [0.05, 0.1) is 5.69 Å². The molecule has 0 bridgehead atoms. The summed E-state index contributed by atoms with van der Waals surface area (Å²) < 4.78 is 1.96. The Kier molecular flexibility index (Phi) is 3.61. The Bertz CT molecular complexity index is 868. The van der Waals surface area contributed by atoms with E-state index in [4.69, 9.17) is 11.6 Å². The van der Waals surface area contributed by atoms with Crippen LogP contribution in [0.5, 0.6) is 0 Å². The molecule has 2 heterocycles. The van der Waals surface area contributed by atoms with Gasteiger partial charge in [-0.15, -0.1) is 0 Å². The molecular formula is C19H20ClN3. The smallest absolute Gasteiger partial charge is 0.233 e. The van der Waals surface area contributed by atoms with Crippen LogP contribution in [0.4, 0.5) is 0 Å². The summed E-state index contributed by atoms with van der Waals surface area (Å²) in [7, 11) is 0. The van der Waals surface area contributed by atoms with Crippen LogP contribution >= 0.6 is 11.6 Å². The van der Waals surface area contributed by atoms with Gasteiger partial charge in [0.25, 0.3) is 0 Å². The number of imidazole rings is 1. The lowest BCUT2D eigenvalue weighted by molar-refractivity contribution is 0.687. The standard InChI is InChI=1S/C19H20ClN3/c1-3-4-14-7-17(14)16-6-5-13(8-18(16)20)15-9-21-19-22-12(2)10-23(19)11-15/h5-6,8-11,14,17H,3-4,7H2,1-2H3/t14-,17?/m1/s1. The van der Waals surface area contributed by atoms with Gasteiger partial charge < -0.3 is 0 Å².